The highest BCUT2D eigenvalue weighted by Crippen LogP contribution is 2.62. The van der Waals surface area contributed by atoms with Crippen molar-refractivity contribution in [2.24, 2.45) is 5.89 Å². The van der Waals surface area contributed by atoms with E-state index in [2.05, 4.69) is 0 Å². The molecule has 116 valence electrons. The zero-order chi connectivity index (χ0) is 21.1. The number of aliphatic hydroxyl groups is 1. The summed E-state index contributed by atoms with van der Waals surface area (Å²) in [4.78, 5) is 2.01. The number of piperidine rings is 1. The first kappa shape index (κ1) is 7.84. The van der Waals surface area contributed by atoms with Crippen LogP contribution in [0.1, 0.15) is 27.1 Å². The number of likely N-dealkylation sites (tertiary alicyclic amines) is 1. The quantitative estimate of drug-likeness (QED) is 0.799. The van der Waals surface area contributed by atoms with Crippen molar-refractivity contribution in [2.75, 3.05) is 20.6 Å². The lowest BCUT2D eigenvalue weighted by Gasteiger charge is -2.56. The van der Waals surface area contributed by atoms with Crippen LogP contribution in [-0.4, -0.2) is 48.9 Å². The summed E-state index contributed by atoms with van der Waals surface area (Å²) in [6.45, 7) is 0.556. The molecule has 22 heavy (non-hydrogen) atoms. The van der Waals surface area contributed by atoms with E-state index in [0.717, 1.165) is 0 Å². The maximum absolute atomic E-state index is 10.8. The van der Waals surface area contributed by atoms with Crippen molar-refractivity contribution in [1.29, 1.82) is 0 Å². The number of ether oxygens (including phenoxy) is 2. The number of aliphatic hydroxyl groups excluding tert-OH is 1. The van der Waals surface area contributed by atoms with Gasteiger partial charge in [-0.05, 0) is 38.0 Å². The fourth-order valence-electron chi connectivity index (χ4n) is 4.60. The summed E-state index contributed by atoms with van der Waals surface area (Å²) < 4.78 is 68.8. The Labute approximate surface area is 140 Å². The van der Waals surface area contributed by atoms with Gasteiger partial charge in [0.15, 0.2) is 11.5 Å². The van der Waals surface area contributed by atoms with Crippen molar-refractivity contribution in [3.63, 3.8) is 0 Å². The zero-order valence-corrected chi connectivity index (χ0v) is 12.1. The van der Waals surface area contributed by atoms with Crippen LogP contribution in [0.3, 0.4) is 0 Å². The van der Waals surface area contributed by atoms with E-state index in [1.165, 1.54) is 6.08 Å². The van der Waals surface area contributed by atoms with Crippen molar-refractivity contribution < 1.29 is 24.2 Å². The highest BCUT2D eigenvalue weighted by molar-refractivity contribution is 5.62. The topological polar surface area (TPSA) is 41.9 Å². The van der Waals surface area contributed by atoms with Gasteiger partial charge in [-0.2, -0.15) is 0 Å². The predicted octanol–water partition coefficient (Wildman–Crippen LogP) is 1.50. The number of hydrogen-bond donors (Lipinski definition) is 1. The van der Waals surface area contributed by atoms with Crippen LogP contribution in [0.5, 0.6) is 11.5 Å². The minimum Gasteiger partial charge on any atom is -0.493 e. The first-order chi connectivity index (χ1) is 13.4. The molecule has 0 saturated carbocycles. The van der Waals surface area contributed by atoms with Crippen LogP contribution in [0.2, 0.25) is 0 Å². The summed E-state index contributed by atoms with van der Waals surface area (Å²) in [6, 6.07) is -0.972. The molecule has 0 amide bonds. The van der Waals surface area contributed by atoms with E-state index < -0.39 is 42.3 Å². The minimum absolute atomic E-state index is 0.0884. The van der Waals surface area contributed by atoms with Crippen molar-refractivity contribution in [3.05, 3.63) is 35.4 Å². The third-order valence-corrected chi connectivity index (χ3v) is 5.57. The number of benzene rings is 1. The molecule has 5 rings (SSSR count). The third-order valence-electron chi connectivity index (χ3n) is 5.57. The van der Waals surface area contributed by atoms with E-state index in [9.17, 15) is 6.48 Å². The molecule has 1 aromatic rings. The molecule has 2 bridgehead atoms. The van der Waals surface area contributed by atoms with Crippen LogP contribution in [-0.2, 0) is 11.8 Å². The summed E-state index contributed by atoms with van der Waals surface area (Å²) in [5, 5.41) is 10.8. The van der Waals surface area contributed by atoms with E-state index >= 15 is 0 Å². The van der Waals surface area contributed by atoms with Crippen LogP contribution >= 0.6 is 0 Å². The Kier molecular flexibility index (Phi) is 1.45. The average molecular weight is 306 g/mol. The van der Waals surface area contributed by atoms with Gasteiger partial charge in [0.25, 0.3) is 0 Å². The van der Waals surface area contributed by atoms with Gasteiger partial charge in [0, 0.05) is 24.3 Å². The fourth-order valence-corrected chi connectivity index (χ4v) is 4.60. The summed E-state index contributed by atoms with van der Waals surface area (Å²) >= 11 is 0. The Hall–Kier alpha value is -1.52. The third kappa shape index (κ3) is 1.28. The van der Waals surface area contributed by atoms with Gasteiger partial charge in [-0.15, -0.1) is 0 Å². The number of hydrogen-bond acceptors (Lipinski definition) is 4. The van der Waals surface area contributed by atoms with Gasteiger partial charge in [0.2, 0.25) is 0 Å². The normalized spacial score (nSPS) is 52.9. The standard InChI is InChI=1S/C18H21NO3/c1-19-8-7-18-11-4-5-13(20)17(18)22-16-14(21-2)6-3-10(15(16)18)9-12(11)19/h3-6,11-13,17,20H,7-9H2,1-2H3/t11-,12+,13?,17?,18-/m0/s1/i2D3,3D,6D,11D,17D. The first-order valence-electron chi connectivity index (χ1n) is 11.0. The molecule has 0 aromatic heterocycles. The van der Waals surface area contributed by atoms with Crippen molar-refractivity contribution in [1.82, 2.24) is 4.90 Å². The van der Waals surface area contributed by atoms with Crippen molar-refractivity contribution >= 4 is 0 Å². The second-order valence-corrected chi connectivity index (χ2v) is 6.45. The Morgan fingerprint density at radius 2 is 2.45 bits per heavy atom. The van der Waals surface area contributed by atoms with E-state index in [0.29, 0.717) is 30.5 Å². The lowest BCUT2D eigenvalue weighted by atomic mass is 9.53. The van der Waals surface area contributed by atoms with Crippen LogP contribution < -0.4 is 9.47 Å². The van der Waals surface area contributed by atoms with Gasteiger partial charge in [-0.1, -0.05) is 18.2 Å². The van der Waals surface area contributed by atoms with Crippen molar-refractivity contribution in [3.8, 4) is 11.5 Å². The maximum atomic E-state index is 10.8. The molecule has 5 atom stereocenters. The lowest BCUT2D eigenvalue weighted by Crippen LogP contribution is -2.64. The Bertz CT molecular complexity index is 966. The monoisotopic (exact) mass is 306 g/mol. The highest BCUT2D eigenvalue weighted by Gasteiger charge is 2.64. The van der Waals surface area contributed by atoms with Crippen molar-refractivity contribution in [2.45, 2.75) is 36.5 Å². The molecular weight excluding hydrogens is 278 g/mol. The van der Waals surface area contributed by atoms with Crippen LogP contribution in [0.15, 0.2) is 24.2 Å². The SMILES string of the molecule is [2H]c1c([2H])c(OC([2H])([2H])[2H])c2c3c1C[C@H]1N(C)CC[C@@]34C([2H])(O2)C(O)C=C[C@@]14[2H]. The summed E-state index contributed by atoms with van der Waals surface area (Å²) in [7, 11) is -0.993. The zero-order valence-electron chi connectivity index (χ0n) is 19.1. The molecule has 1 N–H and O–H groups in total. The molecule has 2 aliphatic heterocycles. The van der Waals surface area contributed by atoms with E-state index in [1.54, 1.807) is 6.08 Å². The van der Waals surface area contributed by atoms with Gasteiger partial charge in [-0.25, -0.2) is 0 Å². The molecule has 1 fully saturated rings. The number of likely N-dealkylation sites (N-methyl/N-ethyl adjacent to an activating group) is 1. The van der Waals surface area contributed by atoms with Crippen LogP contribution in [0, 0.1) is 5.89 Å². The average Bonchev–Trinajstić information content (AvgIpc) is 2.89. The number of rotatable bonds is 1. The van der Waals surface area contributed by atoms with Crippen LogP contribution in [0.4, 0.5) is 0 Å². The Morgan fingerprint density at radius 3 is 3.32 bits per heavy atom. The second-order valence-electron chi connectivity index (χ2n) is 6.45. The van der Waals surface area contributed by atoms with Gasteiger partial charge < -0.3 is 19.5 Å². The second kappa shape index (κ2) is 4.06. The van der Waals surface area contributed by atoms with E-state index in [1.807, 2.05) is 11.9 Å². The van der Waals surface area contributed by atoms with Gasteiger partial charge in [0.1, 0.15) is 12.2 Å². The minimum atomic E-state index is -2.88. The first-order valence-corrected chi connectivity index (χ1v) is 7.49. The van der Waals surface area contributed by atoms with Gasteiger partial charge in [0.05, 0.1) is 15.3 Å². The molecule has 0 radical (unpaired) electrons. The molecule has 1 aromatic carbocycles. The largest absolute Gasteiger partial charge is 0.493 e. The predicted molar refractivity (Wildman–Crippen MR) is 82.5 cm³/mol. The summed E-state index contributed by atoms with van der Waals surface area (Å²) in [6.07, 6.45) is 0.297. The molecule has 4 nitrogen and oxygen atoms in total. The van der Waals surface area contributed by atoms with E-state index in [4.69, 9.17) is 17.7 Å². The highest BCUT2D eigenvalue weighted by atomic mass is 16.5. The molecule has 4 aliphatic rings. The van der Waals surface area contributed by atoms with Gasteiger partial charge in [-0.3, -0.25) is 0 Å². The lowest BCUT2D eigenvalue weighted by molar-refractivity contribution is -0.0453. The molecule has 1 spiro atoms. The smallest absolute Gasteiger partial charge is 0.165 e. The maximum Gasteiger partial charge on any atom is 0.165 e. The summed E-state index contributed by atoms with van der Waals surface area (Å²) in [5.41, 5.74) is -0.445. The Balaban J connectivity index is 1.90. The summed E-state index contributed by atoms with van der Waals surface area (Å²) in [5.74, 6) is -1.82. The van der Waals surface area contributed by atoms with Crippen LogP contribution in [0.25, 0.3) is 0 Å². The number of nitrogens with zero attached hydrogens (tertiary/aromatic N) is 1. The molecule has 2 heterocycles. The molecule has 2 aliphatic carbocycles. The number of methoxy groups -OCH3 is 1. The van der Waals surface area contributed by atoms with Gasteiger partial charge >= 0.3 is 0 Å². The molecule has 4 heteroatoms. The fraction of sp³-hybridized carbons (Fsp3) is 0.556. The molecule has 2 unspecified atom stereocenters. The molecular formula is C18H21NO3. The van der Waals surface area contributed by atoms with E-state index in [-0.39, 0.29) is 17.8 Å². The molecule has 1 saturated heterocycles. The Morgan fingerprint density at radius 1 is 1.55 bits per heavy atom.